The maximum Gasteiger partial charge on any atom is 0.213 e. The maximum atomic E-state index is 8.52. The van der Waals surface area contributed by atoms with E-state index in [-0.39, 0.29) is 0 Å². The van der Waals surface area contributed by atoms with Crippen LogP contribution in [0.5, 0.6) is 0 Å². The molecule has 70 valence electrons. The highest BCUT2D eigenvalue weighted by molar-refractivity contribution is 6.67. The summed E-state index contributed by atoms with van der Waals surface area (Å²) >= 11 is 15.0. The van der Waals surface area contributed by atoms with Crippen molar-refractivity contribution in [2.45, 2.75) is 30.2 Å². The Hall–Kier alpha value is 0.790. The minimum atomic E-state index is -1.49. The van der Waals surface area contributed by atoms with E-state index in [9.17, 15) is 0 Å². The highest BCUT2D eigenvalue weighted by atomic mass is 35.6. The molecular formula is C6H13Cl3O2. The third-order valence-corrected chi connectivity index (χ3v) is 0.538. The first kappa shape index (κ1) is 14.3. The van der Waals surface area contributed by atoms with E-state index >= 15 is 0 Å². The molecule has 0 amide bonds. The Labute approximate surface area is 82.1 Å². The Morgan fingerprint density at radius 2 is 1.18 bits per heavy atom. The molecule has 0 heterocycles. The molecule has 0 saturated heterocycles. The first-order valence-electron chi connectivity index (χ1n) is 2.96. The van der Waals surface area contributed by atoms with Crippen LogP contribution in [-0.2, 0) is 0 Å². The van der Waals surface area contributed by atoms with Crippen molar-refractivity contribution in [3.8, 4) is 0 Å². The van der Waals surface area contributed by atoms with Gasteiger partial charge in [-0.05, 0) is 20.8 Å². The van der Waals surface area contributed by atoms with E-state index in [0.29, 0.717) is 0 Å². The number of rotatable bonds is 0. The number of hydrogen-bond acceptors (Lipinski definition) is 2. The first-order chi connectivity index (χ1) is 4.56. The summed E-state index contributed by atoms with van der Waals surface area (Å²) in [7, 11) is 0. The second-order valence-electron chi connectivity index (χ2n) is 2.94. The predicted molar refractivity (Wildman–Crippen MR) is 49.3 cm³/mol. The van der Waals surface area contributed by atoms with Gasteiger partial charge in [0.25, 0.3) is 0 Å². The Morgan fingerprint density at radius 1 is 1.09 bits per heavy atom. The zero-order chi connectivity index (χ0) is 9.71. The zero-order valence-electron chi connectivity index (χ0n) is 6.74. The number of hydrogen-bond donors (Lipinski definition) is 2. The van der Waals surface area contributed by atoms with E-state index in [1.54, 1.807) is 20.8 Å². The molecule has 0 radical (unpaired) electrons. The van der Waals surface area contributed by atoms with E-state index in [0.717, 1.165) is 0 Å². The Balaban J connectivity index is 0. The fourth-order valence-corrected chi connectivity index (χ4v) is 0. The predicted octanol–water partition coefficient (Wildman–Crippen LogP) is 2.13. The molecule has 0 aliphatic heterocycles. The molecule has 0 atom stereocenters. The van der Waals surface area contributed by atoms with Crippen LogP contribution in [0.15, 0.2) is 0 Å². The van der Waals surface area contributed by atoms with E-state index in [1.165, 1.54) is 0 Å². The molecule has 11 heavy (non-hydrogen) atoms. The Kier molecular flexibility index (Phi) is 7.08. The van der Waals surface area contributed by atoms with Gasteiger partial charge in [-0.1, -0.05) is 34.8 Å². The van der Waals surface area contributed by atoms with Crippen LogP contribution in [0, 0.1) is 0 Å². The van der Waals surface area contributed by atoms with Crippen LogP contribution in [0.25, 0.3) is 0 Å². The van der Waals surface area contributed by atoms with Gasteiger partial charge in [0.1, 0.15) is 0 Å². The van der Waals surface area contributed by atoms with Gasteiger partial charge in [-0.15, -0.1) is 0 Å². The van der Waals surface area contributed by atoms with Crippen molar-refractivity contribution in [2.75, 3.05) is 6.61 Å². The number of aliphatic hydroxyl groups excluding tert-OH is 1. The van der Waals surface area contributed by atoms with Crippen molar-refractivity contribution in [2.24, 2.45) is 0 Å². The lowest BCUT2D eigenvalue weighted by Crippen LogP contribution is -2.10. The Bertz CT molecular complexity index is 87.0. The summed E-state index contributed by atoms with van der Waals surface area (Å²) < 4.78 is -1.49. The third-order valence-electron chi connectivity index (χ3n) is 0.179. The van der Waals surface area contributed by atoms with Crippen LogP contribution in [-0.4, -0.2) is 26.2 Å². The van der Waals surface area contributed by atoms with E-state index in [1.807, 2.05) is 0 Å². The van der Waals surface area contributed by atoms with Crippen LogP contribution < -0.4 is 0 Å². The SMILES string of the molecule is CC(C)(C)O.OCC(Cl)(Cl)Cl. The lowest BCUT2D eigenvalue weighted by atomic mass is 10.2. The summed E-state index contributed by atoms with van der Waals surface area (Å²) in [6.45, 7) is 4.80. The second kappa shape index (κ2) is 5.44. The molecular weight excluding hydrogens is 210 g/mol. The lowest BCUT2D eigenvalue weighted by Gasteiger charge is -2.04. The van der Waals surface area contributed by atoms with Crippen LogP contribution in [0.1, 0.15) is 20.8 Å². The van der Waals surface area contributed by atoms with Gasteiger partial charge in [-0.2, -0.15) is 0 Å². The van der Waals surface area contributed by atoms with Gasteiger partial charge in [0.15, 0.2) is 0 Å². The summed E-state index contributed by atoms with van der Waals surface area (Å²) in [4.78, 5) is 0. The summed E-state index contributed by atoms with van der Waals surface area (Å²) in [5.74, 6) is 0. The van der Waals surface area contributed by atoms with Gasteiger partial charge >= 0.3 is 0 Å². The molecule has 0 bridgehead atoms. The molecule has 2 N–H and O–H groups in total. The highest BCUT2D eigenvalue weighted by Gasteiger charge is 2.16. The van der Waals surface area contributed by atoms with Crippen molar-refractivity contribution in [3.05, 3.63) is 0 Å². The van der Waals surface area contributed by atoms with Gasteiger partial charge in [-0.3, -0.25) is 0 Å². The van der Waals surface area contributed by atoms with Crippen LogP contribution >= 0.6 is 34.8 Å². The van der Waals surface area contributed by atoms with Crippen molar-refractivity contribution < 1.29 is 10.2 Å². The average molecular weight is 224 g/mol. The largest absolute Gasteiger partial charge is 0.392 e. The molecule has 0 rings (SSSR count). The molecule has 0 aromatic carbocycles. The fourth-order valence-electron chi connectivity index (χ4n) is 0. The lowest BCUT2D eigenvalue weighted by molar-refractivity contribution is 0.102. The minimum absolute atomic E-state index is 0.433. The topological polar surface area (TPSA) is 40.5 Å². The van der Waals surface area contributed by atoms with Gasteiger partial charge in [0.2, 0.25) is 3.79 Å². The zero-order valence-corrected chi connectivity index (χ0v) is 9.00. The maximum absolute atomic E-state index is 8.52. The van der Waals surface area contributed by atoms with Crippen molar-refractivity contribution >= 4 is 34.8 Å². The van der Waals surface area contributed by atoms with E-state index in [4.69, 9.17) is 45.0 Å². The Morgan fingerprint density at radius 3 is 1.18 bits per heavy atom. The van der Waals surface area contributed by atoms with Gasteiger partial charge in [-0.25, -0.2) is 0 Å². The third kappa shape index (κ3) is 58.0. The molecule has 0 aromatic rings. The molecule has 0 aromatic heterocycles. The van der Waals surface area contributed by atoms with Gasteiger partial charge < -0.3 is 10.2 Å². The van der Waals surface area contributed by atoms with Crippen molar-refractivity contribution in [1.82, 2.24) is 0 Å². The fraction of sp³-hybridized carbons (Fsp3) is 1.00. The standard InChI is InChI=1S/C4H10O.C2H3Cl3O/c1-4(2,3)5;3-2(4,5)1-6/h5H,1-3H3;6H,1H2. The molecule has 0 aliphatic rings. The van der Waals surface area contributed by atoms with Crippen molar-refractivity contribution in [1.29, 1.82) is 0 Å². The highest BCUT2D eigenvalue weighted by Crippen LogP contribution is 2.23. The summed E-state index contributed by atoms with van der Waals surface area (Å²) in [5.41, 5.74) is -0.500. The molecule has 5 heteroatoms. The molecule has 2 nitrogen and oxygen atoms in total. The van der Waals surface area contributed by atoms with Gasteiger partial charge in [0.05, 0.1) is 12.2 Å². The molecule has 0 unspecified atom stereocenters. The number of aliphatic hydroxyl groups is 2. The molecule has 0 aliphatic carbocycles. The minimum Gasteiger partial charge on any atom is -0.392 e. The summed E-state index contributed by atoms with van der Waals surface area (Å²) in [5, 5.41) is 16.5. The van der Waals surface area contributed by atoms with Crippen LogP contribution in [0.4, 0.5) is 0 Å². The second-order valence-corrected chi connectivity index (χ2v) is 5.46. The molecule has 0 spiro atoms. The first-order valence-corrected chi connectivity index (χ1v) is 4.09. The average Bonchev–Trinajstić information content (AvgIpc) is 1.59. The number of halogens is 3. The van der Waals surface area contributed by atoms with E-state index < -0.39 is 16.0 Å². The van der Waals surface area contributed by atoms with Crippen molar-refractivity contribution in [3.63, 3.8) is 0 Å². The molecule has 0 saturated carbocycles. The number of alkyl halides is 3. The van der Waals surface area contributed by atoms with E-state index in [2.05, 4.69) is 0 Å². The van der Waals surface area contributed by atoms with Crippen LogP contribution in [0.3, 0.4) is 0 Å². The summed E-state index contributed by atoms with van der Waals surface area (Å²) in [6.07, 6.45) is 0. The quantitative estimate of drug-likeness (QED) is 0.618. The smallest absolute Gasteiger partial charge is 0.213 e. The van der Waals surface area contributed by atoms with Crippen LogP contribution in [0.2, 0.25) is 0 Å². The monoisotopic (exact) mass is 222 g/mol. The molecule has 0 fully saturated rings. The van der Waals surface area contributed by atoms with Gasteiger partial charge in [0, 0.05) is 0 Å². The summed E-state index contributed by atoms with van der Waals surface area (Å²) in [6, 6.07) is 0. The normalized spacial score (nSPS) is 12.0.